The number of nitrogens with one attached hydrogen (secondary N) is 1. The minimum Gasteiger partial charge on any atom is -0.377 e. The minimum atomic E-state index is -3.71. The Morgan fingerprint density at radius 1 is 1.52 bits per heavy atom. The highest BCUT2D eigenvalue weighted by Crippen LogP contribution is 2.20. The molecule has 2 rings (SSSR count). The van der Waals surface area contributed by atoms with E-state index in [1.165, 1.54) is 19.2 Å². The fraction of sp³-hybridized carbons (Fsp3) is 0.273. The van der Waals surface area contributed by atoms with E-state index in [4.69, 9.17) is 14.4 Å². The van der Waals surface area contributed by atoms with Gasteiger partial charge in [0.15, 0.2) is 11.5 Å². The van der Waals surface area contributed by atoms with Gasteiger partial charge < -0.3 is 14.6 Å². The number of thiophene rings is 1. The summed E-state index contributed by atoms with van der Waals surface area (Å²) in [7, 11) is -2.21. The monoisotopic (exact) mass is 331 g/mol. The Bertz CT molecular complexity index is 735. The quantitative estimate of drug-likeness (QED) is 0.792. The lowest BCUT2D eigenvalue weighted by Crippen LogP contribution is -2.22. The highest BCUT2D eigenvalue weighted by atomic mass is 32.2. The van der Waals surface area contributed by atoms with Crippen LogP contribution in [-0.2, 0) is 27.9 Å². The number of hydrogen-bond acceptors (Lipinski definition) is 7. The van der Waals surface area contributed by atoms with Crippen molar-refractivity contribution in [3.05, 3.63) is 34.5 Å². The lowest BCUT2D eigenvalue weighted by atomic mass is 10.3. The van der Waals surface area contributed by atoms with E-state index in [0.717, 1.165) is 11.3 Å². The topological polar surface area (TPSA) is 125 Å². The van der Waals surface area contributed by atoms with Gasteiger partial charge in [-0.2, -0.15) is 0 Å². The number of methoxy groups -OCH3 is 1. The highest BCUT2D eigenvalue weighted by molar-refractivity contribution is 7.91. The first kappa shape index (κ1) is 15.6. The molecule has 0 aliphatic carbocycles. The molecule has 0 radical (unpaired) electrons. The molecular weight excluding hydrogens is 318 g/mol. The maximum atomic E-state index is 11.8. The Balaban J connectivity index is 1.96. The molecule has 114 valence electrons. The van der Waals surface area contributed by atoms with Gasteiger partial charge in [0.2, 0.25) is 10.0 Å². The first-order valence-corrected chi connectivity index (χ1v) is 8.10. The van der Waals surface area contributed by atoms with E-state index in [1.54, 1.807) is 6.07 Å². The van der Waals surface area contributed by atoms with Crippen LogP contribution >= 0.6 is 11.3 Å². The number of rotatable bonds is 6. The van der Waals surface area contributed by atoms with Crippen LogP contribution in [0.15, 0.2) is 26.9 Å². The third-order valence-corrected chi connectivity index (χ3v) is 4.94. The van der Waals surface area contributed by atoms with Gasteiger partial charge >= 0.3 is 0 Å². The first-order chi connectivity index (χ1) is 9.90. The number of amides is 1. The standard InChI is InChI=1S/C11H13N3O5S2/c1-18-6-7-4-9(14-19-7)11(15)13-5-8-2-3-10(20-8)21(12,16)17/h2-4H,5-6H2,1H3,(H,13,15)(H2,12,16,17). The zero-order valence-electron chi connectivity index (χ0n) is 11.0. The summed E-state index contributed by atoms with van der Waals surface area (Å²) < 4.78 is 32.1. The van der Waals surface area contributed by atoms with Gasteiger partial charge in [0.25, 0.3) is 5.91 Å². The number of nitrogens with two attached hydrogens (primary N) is 1. The van der Waals surface area contributed by atoms with Crippen LogP contribution in [-0.4, -0.2) is 26.6 Å². The minimum absolute atomic E-state index is 0.0514. The molecule has 3 N–H and O–H groups in total. The second-order valence-corrected chi connectivity index (χ2v) is 7.02. The number of ether oxygens (including phenoxy) is 1. The maximum absolute atomic E-state index is 11.8. The summed E-state index contributed by atoms with van der Waals surface area (Å²) >= 11 is 0.999. The average Bonchev–Trinajstić information content (AvgIpc) is 3.04. The smallest absolute Gasteiger partial charge is 0.273 e. The molecule has 1 amide bonds. The van der Waals surface area contributed by atoms with E-state index in [-0.39, 0.29) is 23.1 Å². The van der Waals surface area contributed by atoms with E-state index < -0.39 is 15.9 Å². The summed E-state index contributed by atoms with van der Waals surface area (Å²) in [6, 6.07) is 4.46. The van der Waals surface area contributed by atoms with E-state index in [9.17, 15) is 13.2 Å². The molecule has 0 aromatic carbocycles. The van der Waals surface area contributed by atoms with Crippen LogP contribution in [0.25, 0.3) is 0 Å². The van der Waals surface area contributed by atoms with Crippen molar-refractivity contribution in [3.8, 4) is 0 Å². The van der Waals surface area contributed by atoms with Crippen LogP contribution in [0.1, 0.15) is 21.1 Å². The highest BCUT2D eigenvalue weighted by Gasteiger charge is 2.14. The predicted octanol–water partition coefficient (Wildman–Crippen LogP) is 0.460. The zero-order valence-corrected chi connectivity index (χ0v) is 12.7. The van der Waals surface area contributed by atoms with Crippen molar-refractivity contribution in [1.29, 1.82) is 0 Å². The molecule has 0 aliphatic heterocycles. The summed E-state index contributed by atoms with van der Waals surface area (Å²) in [6.07, 6.45) is 0. The fourth-order valence-electron chi connectivity index (χ4n) is 1.49. The van der Waals surface area contributed by atoms with Gasteiger partial charge in [0.1, 0.15) is 10.8 Å². The van der Waals surface area contributed by atoms with Crippen LogP contribution in [0.4, 0.5) is 0 Å². The number of primary sulfonamides is 1. The van der Waals surface area contributed by atoms with Crippen molar-refractivity contribution >= 4 is 27.3 Å². The molecule has 2 aromatic heterocycles. The van der Waals surface area contributed by atoms with Crippen molar-refractivity contribution in [2.24, 2.45) is 5.14 Å². The molecule has 0 unspecified atom stereocenters. The number of nitrogens with zero attached hydrogens (tertiary/aromatic N) is 1. The number of aromatic nitrogens is 1. The van der Waals surface area contributed by atoms with Crippen LogP contribution < -0.4 is 10.5 Å². The van der Waals surface area contributed by atoms with Gasteiger partial charge in [0, 0.05) is 18.1 Å². The lowest BCUT2D eigenvalue weighted by Gasteiger charge is -1.99. The Morgan fingerprint density at radius 2 is 2.29 bits per heavy atom. The number of carbonyl (C=O) groups is 1. The predicted molar refractivity (Wildman–Crippen MR) is 74.1 cm³/mol. The van der Waals surface area contributed by atoms with Gasteiger partial charge in [-0.25, -0.2) is 13.6 Å². The summed E-state index contributed by atoms with van der Waals surface area (Å²) in [5.74, 6) is 0.0157. The van der Waals surface area contributed by atoms with Crippen molar-refractivity contribution in [2.75, 3.05) is 7.11 Å². The lowest BCUT2D eigenvalue weighted by molar-refractivity contribution is 0.0941. The molecule has 0 bridgehead atoms. The molecular formula is C11H13N3O5S2. The van der Waals surface area contributed by atoms with Crippen molar-refractivity contribution in [1.82, 2.24) is 10.5 Å². The Labute approximate surface area is 124 Å². The molecule has 10 heteroatoms. The molecule has 0 saturated heterocycles. The molecule has 21 heavy (non-hydrogen) atoms. The van der Waals surface area contributed by atoms with E-state index in [2.05, 4.69) is 10.5 Å². The molecule has 0 aliphatic rings. The SMILES string of the molecule is COCc1cc(C(=O)NCc2ccc(S(N)(=O)=O)s2)no1. The van der Waals surface area contributed by atoms with Gasteiger partial charge in [-0.05, 0) is 12.1 Å². The van der Waals surface area contributed by atoms with E-state index in [1.807, 2.05) is 0 Å². The van der Waals surface area contributed by atoms with Crippen molar-refractivity contribution < 1.29 is 22.5 Å². The molecule has 0 spiro atoms. The fourth-order valence-corrected chi connectivity index (χ4v) is 3.21. The number of carbonyl (C=O) groups excluding carboxylic acids is 1. The Morgan fingerprint density at radius 3 is 2.90 bits per heavy atom. The molecule has 2 heterocycles. The molecule has 8 nitrogen and oxygen atoms in total. The van der Waals surface area contributed by atoms with Crippen molar-refractivity contribution in [3.63, 3.8) is 0 Å². The normalized spacial score (nSPS) is 11.5. The zero-order chi connectivity index (χ0) is 15.5. The van der Waals surface area contributed by atoms with Crippen LogP contribution in [0, 0.1) is 0 Å². The summed E-state index contributed by atoms with van der Waals surface area (Å²) in [4.78, 5) is 12.5. The molecule has 0 fully saturated rings. The first-order valence-electron chi connectivity index (χ1n) is 5.74. The molecule has 2 aromatic rings. The second-order valence-electron chi connectivity index (χ2n) is 4.06. The van der Waals surface area contributed by atoms with Crippen LogP contribution in [0.2, 0.25) is 0 Å². The van der Waals surface area contributed by atoms with Crippen LogP contribution in [0.5, 0.6) is 0 Å². The van der Waals surface area contributed by atoms with Gasteiger partial charge in [0.05, 0.1) is 6.54 Å². The summed E-state index contributed by atoms with van der Waals surface area (Å²) in [5, 5.41) is 11.2. The summed E-state index contributed by atoms with van der Waals surface area (Å²) in [6.45, 7) is 0.397. The molecule has 0 atom stereocenters. The molecule has 0 saturated carbocycles. The number of sulfonamides is 1. The largest absolute Gasteiger partial charge is 0.377 e. The summed E-state index contributed by atoms with van der Waals surface area (Å²) in [5.41, 5.74) is 0.130. The van der Waals surface area contributed by atoms with E-state index >= 15 is 0 Å². The van der Waals surface area contributed by atoms with Crippen molar-refractivity contribution in [2.45, 2.75) is 17.4 Å². The average molecular weight is 331 g/mol. The second kappa shape index (κ2) is 6.35. The third-order valence-electron chi connectivity index (χ3n) is 2.42. The van der Waals surface area contributed by atoms with E-state index in [0.29, 0.717) is 10.6 Å². The van der Waals surface area contributed by atoms with Gasteiger partial charge in [-0.3, -0.25) is 4.79 Å². The van der Waals surface area contributed by atoms with Gasteiger partial charge in [-0.1, -0.05) is 5.16 Å². The van der Waals surface area contributed by atoms with Crippen LogP contribution in [0.3, 0.4) is 0 Å². The third kappa shape index (κ3) is 4.11. The van der Waals surface area contributed by atoms with Gasteiger partial charge in [-0.15, -0.1) is 11.3 Å². The Kier molecular flexibility index (Phi) is 4.73. The Hall–Kier alpha value is -1.75. The maximum Gasteiger partial charge on any atom is 0.273 e. The number of hydrogen-bond donors (Lipinski definition) is 2.